The van der Waals surface area contributed by atoms with Crippen molar-refractivity contribution in [3.63, 3.8) is 0 Å². The molecule has 0 aromatic heterocycles. The molecule has 0 aliphatic heterocycles. The van der Waals surface area contributed by atoms with Crippen LogP contribution in [0.1, 0.15) is 52.4 Å². The molecule has 8 heteroatoms. The lowest BCUT2D eigenvalue weighted by molar-refractivity contribution is -0.141. The molecule has 0 saturated heterocycles. The van der Waals surface area contributed by atoms with E-state index in [0.717, 1.165) is 19.3 Å². The molecule has 22 heavy (non-hydrogen) atoms. The van der Waals surface area contributed by atoms with Gasteiger partial charge < -0.3 is 21.5 Å². The molecular weight excluding hydrogens is 290 g/mol. The lowest BCUT2D eigenvalue weighted by Gasteiger charge is -2.20. The van der Waals surface area contributed by atoms with Gasteiger partial charge in [0.05, 0.1) is 6.42 Å². The van der Waals surface area contributed by atoms with Crippen LogP contribution in [0.5, 0.6) is 0 Å². The fraction of sp³-hybridized carbons (Fsp3) is 0.714. The third-order valence-electron chi connectivity index (χ3n) is 3.11. The Morgan fingerprint density at radius 3 is 2.14 bits per heavy atom. The molecule has 0 rings (SSSR count). The maximum absolute atomic E-state index is 12.1. The number of carboxylic acids is 1. The van der Waals surface area contributed by atoms with E-state index in [2.05, 4.69) is 10.6 Å². The topological polar surface area (TPSA) is 139 Å². The molecule has 0 spiro atoms. The lowest BCUT2D eigenvalue weighted by atomic mass is 10.1. The number of primary amides is 1. The van der Waals surface area contributed by atoms with Crippen molar-refractivity contribution in [2.75, 3.05) is 0 Å². The second kappa shape index (κ2) is 10.6. The van der Waals surface area contributed by atoms with Gasteiger partial charge in [-0.2, -0.15) is 0 Å². The Bertz CT molecular complexity index is 411. The highest BCUT2D eigenvalue weighted by molar-refractivity contribution is 5.93. The van der Waals surface area contributed by atoms with Gasteiger partial charge in [-0.25, -0.2) is 0 Å². The summed E-state index contributed by atoms with van der Waals surface area (Å²) in [6, 6.07) is -2.09. The van der Waals surface area contributed by atoms with Crippen LogP contribution in [0.3, 0.4) is 0 Å². The van der Waals surface area contributed by atoms with Crippen molar-refractivity contribution in [1.29, 1.82) is 0 Å². The Kier molecular flexibility index (Phi) is 9.56. The third-order valence-corrected chi connectivity index (χ3v) is 3.11. The average Bonchev–Trinajstić information content (AvgIpc) is 2.44. The van der Waals surface area contributed by atoms with Gasteiger partial charge in [-0.1, -0.05) is 33.1 Å². The summed E-state index contributed by atoms with van der Waals surface area (Å²) in [6.45, 7) is 3.59. The molecule has 0 aliphatic rings. The summed E-state index contributed by atoms with van der Waals surface area (Å²) in [4.78, 5) is 45.6. The van der Waals surface area contributed by atoms with Gasteiger partial charge in [0.25, 0.3) is 0 Å². The van der Waals surface area contributed by atoms with E-state index in [9.17, 15) is 19.2 Å². The molecule has 0 heterocycles. The van der Waals surface area contributed by atoms with Crippen LogP contribution < -0.4 is 16.4 Å². The maximum Gasteiger partial charge on any atom is 0.305 e. The number of carboxylic acid groups (broad SMARTS) is 1. The Morgan fingerprint density at radius 1 is 1.05 bits per heavy atom. The van der Waals surface area contributed by atoms with E-state index in [-0.39, 0.29) is 6.42 Å². The molecule has 0 unspecified atom stereocenters. The summed E-state index contributed by atoms with van der Waals surface area (Å²) in [5, 5.41) is 13.6. The van der Waals surface area contributed by atoms with Crippen molar-refractivity contribution in [3.8, 4) is 0 Å². The summed E-state index contributed by atoms with van der Waals surface area (Å²) < 4.78 is 0. The van der Waals surface area contributed by atoms with Gasteiger partial charge in [0, 0.05) is 6.42 Å². The summed E-state index contributed by atoms with van der Waals surface area (Å²) in [5.41, 5.74) is 5.24. The molecule has 0 aromatic rings. The zero-order valence-electron chi connectivity index (χ0n) is 13.1. The minimum Gasteiger partial charge on any atom is -0.481 e. The normalized spacial score (nSPS) is 13.0. The highest BCUT2D eigenvalue weighted by atomic mass is 16.4. The van der Waals surface area contributed by atoms with Gasteiger partial charge in [0.15, 0.2) is 0 Å². The van der Waals surface area contributed by atoms with Crippen molar-refractivity contribution >= 4 is 23.7 Å². The molecule has 0 fully saturated rings. The number of amides is 3. The molecule has 0 aromatic carbocycles. The van der Waals surface area contributed by atoms with Gasteiger partial charge in [-0.3, -0.25) is 19.2 Å². The highest BCUT2D eigenvalue weighted by Crippen LogP contribution is 2.04. The minimum absolute atomic E-state index is 0.124. The monoisotopic (exact) mass is 315 g/mol. The van der Waals surface area contributed by atoms with Gasteiger partial charge in [-0.15, -0.1) is 0 Å². The largest absolute Gasteiger partial charge is 0.481 e. The number of hydrogen-bond donors (Lipinski definition) is 4. The van der Waals surface area contributed by atoms with Crippen LogP contribution in [-0.2, 0) is 19.2 Å². The van der Waals surface area contributed by atoms with Crippen LogP contribution in [0.2, 0.25) is 0 Å². The van der Waals surface area contributed by atoms with E-state index in [4.69, 9.17) is 10.8 Å². The predicted molar refractivity (Wildman–Crippen MR) is 79.7 cm³/mol. The fourth-order valence-electron chi connectivity index (χ4n) is 1.84. The number of hydrogen-bond acceptors (Lipinski definition) is 4. The molecular formula is C14H25N3O5. The second-order valence-electron chi connectivity index (χ2n) is 5.03. The molecule has 5 N–H and O–H groups in total. The molecule has 8 nitrogen and oxygen atoms in total. The van der Waals surface area contributed by atoms with Crippen molar-refractivity contribution < 1.29 is 24.3 Å². The van der Waals surface area contributed by atoms with E-state index in [1.807, 2.05) is 6.92 Å². The maximum atomic E-state index is 12.1. The van der Waals surface area contributed by atoms with Crippen molar-refractivity contribution in [2.24, 2.45) is 5.73 Å². The van der Waals surface area contributed by atoms with Crippen molar-refractivity contribution in [3.05, 3.63) is 0 Å². The zero-order chi connectivity index (χ0) is 17.1. The van der Waals surface area contributed by atoms with Gasteiger partial charge in [0.2, 0.25) is 17.7 Å². The van der Waals surface area contributed by atoms with Crippen LogP contribution in [0.15, 0.2) is 0 Å². The Labute approximate surface area is 129 Å². The Hall–Kier alpha value is -2.12. The zero-order valence-corrected chi connectivity index (χ0v) is 13.1. The summed E-state index contributed by atoms with van der Waals surface area (Å²) in [5.74, 6) is -3.06. The lowest BCUT2D eigenvalue weighted by Crippen LogP contribution is -2.53. The van der Waals surface area contributed by atoms with Gasteiger partial charge in [-0.05, 0) is 6.42 Å². The summed E-state index contributed by atoms with van der Waals surface area (Å²) in [7, 11) is 0. The van der Waals surface area contributed by atoms with Crippen molar-refractivity contribution in [2.45, 2.75) is 64.5 Å². The molecule has 0 saturated carbocycles. The SMILES string of the molecule is CCCCC[C@H](NC(=O)[C@H](CC(=O)O)NC(=O)CC)C(N)=O. The number of carbonyl (C=O) groups is 4. The molecule has 126 valence electrons. The van der Waals surface area contributed by atoms with Crippen LogP contribution in [-0.4, -0.2) is 40.9 Å². The standard InChI is InChI=1S/C14H25N3O5/c1-3-5-6-7-9(13(15)21)17-14(22)10(8-12(19)20)16-11(18)4-2/h9-10H,3-8H2,1-2H3,(H2,15,21)(H,16,18)(H,17,22)(H,19,20)/t9-,10-/m0/s1. The number of aliphatic carboxylic acids is 1. The van der Waals surface area contributed by atoms with Crippen LogP contribution in [0.4, 0.5) is 0 Å². The van der Waals surface area contributed by atoms with Crippen LogP contribution in [0, 0.1) is 0 Å². The number of unbranched alkanes of at least 4 members (excludes halogenated alkanes) is 2. The first-order valence-corrected chi connectivity index (χ1v) is 7.42. The average molecular weight is 315 g/mol. The van der Waals surface area contributed by atoms with Gasteiger partial charge in [0.1, 0.15) is 12.1 Å². The molecule has 0 bridgehead atoms. The number of nitrogens with one attached hydrogen (secondary N) is 2. The molecule has 0 radical (unpaired) electrons. The molecule has 2 atom stereocenters. The van der Waals surface area contributed by atoms with Crippen molar-refractivity contribution in [1.82, 2.24) is 10.6 Å². The number of nitrogens with two attached hydrogens (primary N) is 1. The number of carbonyl (C=O) groups excluding carboxylic acids is 3. The van der Waals surface area contributed by atoms with Crippen LogP contribution >= 0.6 is 0 Å². The predicted octanol–water partition coefficient (Wildman–Crippen LogP) is -0.0937. The fourth-order valence-corrected chi connectivity index (χ4v) is 1.84. The minimum atomic E-state index is -1.22. The van der Waals surface area contributed by atoms with E-state index < -0.39 is 42.2 Å². The van der Waals surface area contributed by atoms with Crippen LogP contribution in [0.25, 0.3) is 0 Å². The third kappa shape index (κ3) is 8.23. The van der Waals surface area contributed by atoms with E-state index in [0.29, 0.717) is 6.42 Å². The Morgan fingerprint density at radius 2 is 1.68 bits per heavy atom. The summed E-state index contributed by atoms with van der Waals surface area (Å²) in [6.07, 6.45) is 2.52. The van der Waals surface area contributed by atoms with Gasteiger partial charge >= 0.3 is 5.97 Å². The van der Waals surface area contributed by atoms with E-state index in [1.165, 1.54) is 0 Å². The first-order valence-electron chi connectivity index (χ1n) is 7.42. The molecule has 0 aliphatic carbocycles. The van der Waals surface area contributed by atoms with E-state index in [1.54, 1.807) is 6.92 Å². The highest BCUT2D eigenvalue weighted by Gasteiger charge is 2.26. The number of rotatable bonds is 11. The smallest absolute Gasteiger partial charge is 0.305 e. The first kappa shape index (κ1) is 19.9. The molecule has 3 amide bonds. The summed E-state index contributed by atoms with van der Waals surface area (Å²) >= 11 is 0. The quantitative estimate of drug-likeness (QED) is 0.394. The first-order chi connectivity index (χ1) is 10.3. The second-order valence-corrected chi connectivity index (χ2v) is 5.03. The Balaban J connectivity index is 4.76. The van der Waals surface area contributed by atoms with E-state index >= 15 is 0 Å².